The van der Waals surface area contributed by atoms with E-state index in [2.05, 4.69) is 5.32 Å². The molecule has 0 spiro atoms. The second-order valence-corrected chi connectivity index (χ2v) is 4.43. The molecule has 1 fully saturated rings. The van der Waals surface area contributed by atoms with Gasteiger partial charge in [-0.25, -0.2) is 4.79 Å². The molecule has 1 saturated carbocycles. The number of carboxylic acids is 1. The third kappa shape index (κ3) is 4.43. The number of carbonyl (C=O) groups is 2. The quantitative estimate of drug-likeness (QED) is 0.758. The van der Waals surface area contributed by atoms with E-state index in [1.54, 1.807) is 0 Å². The van der Waals surface area contributed by atoms with Gasteiger partial charge >= 0.3 is 5.97 Å². The lowest BCUT2D eigenvalue weighted by atomic mass is 9.88. The van der Waals surface area contributed by atoms with Crippen LogP contribution in [0.2, 0.25) is 0 Å². The summed E-state index contributed by atoms with van der Waals surface area (Å²) in [5.41, 5.74) is 0. The molecule has 0 radical (unpaired) electrons. The number of rotatable bonds is 5. The van der Waals surface area contributed by atoms with Crippen molar-refractivity contribution >= 4 is 11.9 Å². The lowest BCUT2D eigenvalue weighted by molar-refractivity contribution is -0.142. The molecule has 0 aliphatic heterocycles. The van der Waals surface area contributed by atoms with E-state index >= 15 is 0 Å². The first kappa shape index (κ1) is 13.5. The molecule has 5 nitrogen and oxygen atoms in total. The molecule has 0 aromatic carbocycles. The highest BCUT2D eigenvalue weighted by molar-refractivity contribution is 5.84. The summed E-state index contributed by atoms with van der Waals surface area (Å²) in [6.07, 6.45) is 5.22. The molecule has 94 valence electrons. The van der Waals surface area contributed by atoms with Gasteiger partial charge in [0.1, 0.15) is 6.04 Å². The first-order valence-electron chi connectivity index (χ1n) is 6.05. The Kier molecular flexibility index (Phi) is 5.47. The summed E-state index contributed by atoms with van der Waals surface area (Å²) in [7, 11) is 0. The van der Waals surface area contributed by atoms with Crippen molar-refractivity contribution in [2.45, 2.75) is 51.0 Å². The molecular formula is C12H18N2O3. The highest BCUT2D eigenvalue weighted by Gasteiger charge is 2.25. The van der Waals surface area contributed by atoms with Gasteiger partial charge in [0.05, 0.1) is 6.07 Å². The van der Waals surface area contributed by atoms with Gasteiger partial charge in [-0.3, -0.25) is 4.79 Å². The van der Waals surface area contributed by atoms with Gasteiger partial charge in [0.25, 0.3) is 0 Å². The summed E-state index contributed by atoms with van der Waals surface area (Å²) in [6.45, 7) is 0. The van der Waals surface area contributed by atoms with E-state index in [0.29, 0.717) is 0 Å². The number of nitriles is 1. The molecule has 2 N–H and O–H groups in total. The van der Waals surface area contributed by atoms with Gasteiger partial charge in [-0.2, -0.15) is 5.26 Å². The number of amides is 1. The molecule has 1 aliphatic carbocycles. The topological polar surface area (TPSA) is 90.2 Å². The molecule has 1 rings (SSSR count). The number of hydrogen-bond donors (Lipinski definition) is 2. The van der Waals surface area contributed by atoms with Crippen LogP contribution in [0, 0.1) is 17.2 Å². The fourth-order valence-corrected chi connectivity index (χ4v) is 2.12. The lowest BCUT2D eigenvalue weighted by Crippen LogP contribution is -2.44. The lowest BCUT2D eigenvalue weighted by Gasteiger charge is -2.22. The van der Waals surface area contributed by atoms with E-state index in [9.17, 15) is 9.59 Å². The maximum absolute atomic E-state index is 11.8. The Balaban J connectivity index is 2.45. The Labute approximate surface area is 101 Å². The minimum Gasteiger partial charge on any atom is -0.480 e. The fourth-order valence-electron chi connectivity index (χ4n) is 2.12. The summed E-state index contributed by atoms with van der Waals surface area (Å²) < 4.78 is 0. The standard InChI is InChI=1S/C12H18N2O3/c13-8-4-7-10(12(16)17)14-11(15)9-5-2-1-3-6-9/h9-10H,1-7H2,(H,14,15)(H,16,17)/t10-/m0/s1. The SMILES string of the molecule is N#CCC[C@H](NC(=O)C1CCCCC1)C(=O)O. The summed E-state index contributed by atoms with van der Waals surface area (Å²) in [4.78, 5) is 22.7. The number of hydrogen-bond acceptors (Lipinski definition) is 3. The molecule has 0 heterocycles. The molecule has 0 unspecified atom stereocenters. The Morgan fingerprint density at radius 3 is 2.53 bits per heavy atom. The van der Waals surface area contributed by atoms with Gasteiger partial charge in [0, 0.05) is 12.3 Å². The zero-order valence-corrected chi connectivity index (χ0v) is 9.82. The second kappa shape index (κ2) is 6.89. The minimum absolute atomic E-state index is 0.0484. The molecule has 5 heteroatoms. The predicted octanol–water partition coefficient (Wildman–Crippen LogP) is 1.44. The van der Waals surface area contributed by atoms with Crippen LogP contribution in [0.5, 0.6) is 0 Å². The van der Waals surface area contributed by atoms with E-state index in [0.717, 1.165) is 32.1 Å². The molecular weight excluding hydrogens is 220 g/mol. The van der Waals surface area contributed by atoms with Crippen molar-refractivity contribution < 1.29 is 14.7 Å². The van der Waals surface area contributed by atoms with E-state index in [4.69, 9.17) is 10.4 Å². The van der Waals surface area contributed by atoms with E-state index < -0.39 is 12.0 Å². The van der Waals surface area contributed by atoms with Gasteiger partial charge in [0.2, 0.25) is 5.91 Å². The first-order valence-corrected chi connectivity index (χ1v) is 6.05. The van der Waals surface area contributed by atoms with Crippen LogP contribution in [0.15, 0.2) is 0 Å². The average Bonchev–Trinajstić information content (AvgIpc) is 2.35. The number of carboxylic acid groups (broad SMARTS) is 1. The van der Waals surface area contributed by atoms with Crippen molar-refractivity contribution in [2.75, 3.05) is 0 Å². The van der Waals surface area contributed by atoms with Crippen molar-refractivity contribution in [2.24, 2.45) is 5.92 Å². The van der Waals surface area contributed by atoms with Crippen LogP contribution in [-0.4, -0.2) is 23.0 Å². The smallest absolute Gasteiger partial charge is 0.326 e. The Morgan fingerprint density at radius 2 is 2.00 bits per heavy atom. The van der Waals surface area contributed by atoms with Gasteiger partial charge in [-0.1, -0.05) is 19.3 Å². The zero-order chi connectivity index (χ0) is 12.7. The highest BCUT2D eigenvalue weighted by Crippen LogP contribution is 2.23. The average molecular weight is 238 g/mol. The molecule has 0 saturated heterocycles. The Hall–Kier alpha value is -1.57. The Bertz CT molecular complexity index is 316. The third-order valence-corrected chi connectivity index (χ3v) is 3.14. The molecule has 0 bridgehead atoms. The summed E-state index contributed by atoms with van der Waals surface area (Å²) in [5.74, 6) is -1.29. The van der Waals surface area contributed by atoms with Crippen LogP contribution in [0.4, 0.5) is 0 Å². The van der Waals surface area contributed by atoms with Gasteiger partial charge in [0.15, 0.2) is 0 Å². The normalized spacial score (nSPS) is 18.1. The van der Waals surface area contributed by atoms with E-state index in [-0.39, 0.29) is 24.7 Å². The van der Waals surface area contributed by atoms with Crippen molar-refractivity contribution in [3.8, 4) is 6.07 Å². The predicted molar refractivity (Wildman–Crippen MR) is 61.0 cm³/mol. The number of carbonyl (C=O) groups excluding carboxylic acids is 1. The van der Waals surface area contributed by atoms with Crippen LogP contribution in [0.3, 0.4) is 0 Å². The minimum atomic E-state index is -1.07. The zero-order valence-electron chi connectivity index (χ0n) is 9.82. The van der Waals surface area contributed by atoms with Crippen molar-refractivity contribution in [3.05, 3.63) is 0 Å². The summed E-state index contributed by atoms with van der Waals surface area (Å²) >= 11 is 0. The maximum Gasteiger partial charge on any atom is 0.326 e. The molecule has 1 amide bonds. The second-order valence-electron chi connectivity index (χ2n) is 4.43. The van der Waals surface area contributed by atoms with Crippen molar-refractivity contribution in [1.29, 1.82) is 5.26 Å². The summed E-state index contributed by atoms with van der Waals surface area (Å²) in [5, 5.41) is 19.9. The first-order chi connectivity index (χ1) is 8.15. The molecule has 1 atom stereocenters. The maximum atomic E-state index is 11.8. The van der Waals surface area contributed by atoms with Crippen LogP contribution in [0.25, 0.3) is 0 Å². The largest absolute Gasteiger partial charge is 0.480 e. The summed E-state index contributed by atoms with van der Waals surface area (Å²) in [6, 6.07) is 0.964. The van der Waals surface area contributed by atoms with Crippen LogP contribution in [-0.2, 0) is 9.59 Å². The molecule has 1 aliphatic rings. The monoisotopic (exact) mass is 238 g/mol. The molecule has 0 aromatic heterocycles. The van der Waals surface area contributed by atoms with Gasteiger partial charge < -0.3 is 10.4 Å². The van der Waals surface area contributed by atoms with Crippen LogP contribution >= 0.6 is 0 Å². The van der Waals surface area contributed by atoms with Crippen molar-refractivity contribution in [1.82, 2.24) is 5.32 Å². The fraction of sp³-hybridized carbons (Fsp3) is 0.750. The van der Waals surface area contributed by atoms with Crippen molar-refractivity contribution in [3.63, 3.8) is 0 Å². The molecule has 17 heavy (non-hydrogen) atoms. The third-order valence-electron chi connectivity index (χ3n) is 3.14. The van der Waals surface area contributed by atoms with Gasteiger partial charge in [-0.15, -0.1) is 0 Å². The highest BCUT2D eigenvalue weighted by atomic mass is 16.4. The Morgan fingerprint density at radius 1 is 1.35 bits per heavy atom. The van der Waals surface area contributed by atoms with E-state index in [1.807, 2.05) is 6.07 Å². The number of nitrogens with one attached hydrogen (secondary N) is 1. The molecule has 0 aromatic rings. The van der Waals surface area contributed by atoms with Crippen LogP contribution in [0.1, 0.15) is 44.9 Å². The number of nitrogens with zero attached hydrogens (tertiary/aromatic N) is 1. The van der Waals surface area contributed by atoms with E-state index in [1.165, 1.54) is 0 Å². The van der Waals surface area contributed by atoms with Gasteiger partial charge in [-0.05, 0) is 19.3 Å². The van der Waals surface area contributed by atoms with Crippen LogP contribution < -0.4 is 5.32 Å². The number of aliphatic carboxylic acids is 1.